The Morgan fingerprint density at radius 1 is 0.934 bits per heavy atom. The van der Waals surface area contributed by atoms with E-state index in [1.165, 1.54) is 45.5 Å². The van der Waals surface area contributed by atoms with Crippen LogP contribution in [-0.2, 0) is 39.3 Å². The van der Waals surface area contributed by atoms with Crippen LogP contribution >= 0.6 is 0 Å². The first kappa shape index (κ1) is 48.7. The summed E-state index contributed by atoms with van der Waals surface area (Å²) in [6.07, 6.45) is 6.82. The van der Waals surface area contributed by atoms with Crippen LogP contribution in [-0.4, -0.2) is 123 Å². The number of aliphatic hydroxyl groups is 1. The first-order chi connectivity index (χ1) is 28.9. The Bertz CT molecular complexity index is 2030. The number of aromatic nitrogens is 4. The highest BCUT2D eigenvalue weighted by molar-refractivity contribution is 7.92. The second-order valence-electron chi connectivity index (χ2n) is 14.8. The molecule has 0 saturated carbocycles. The molecule has 1 aromatic carbocycles. The van der Waals surface area contributed by atoms with Crippen molar-refractivity contribution in [3.05, 3.63) is 72.3 Å². The predicted molar refractivity (Wildman–Crippen MR) is 210 cm³/mol. The van der Waals surface area contributed by atoms with Crippen molar-refractivity contribution in [3.8, 4) is 23.3 Å². The standard InChI is InChI=1S/C38H53N7O15S/c1-37(2,3)26-16-18-28(19-17-26)61(52,53)43(38(4,5)59-36(47)56-23-11-7-8-13-27(60-45(50)51)25-57-44(48)49)34-31(58-30-15-10-9-14-29(30)54-6)35(55-24-22-46)42-33(41-34)32-39-20-12-21-40-32/h9-10,12,15-21,27,29,46,48-51H,7-8,11,13-14,22-25H2,1-6H3. The smallest absolute Gasteiger partial charge is 0.472 e. The summed E-state index contributed by atoms with van der Waals surface area (Å²) in [6, 6.07) is 7.74. The van der Waals surface area contributed by atoms with Crippen LogP contribution in [0.2, 0.25) is 0 Å². The number of sulfonamides is 1. The molecule has 0 aliphatic heterocycles. The van der Waals surface area contributed by atoms with E-state index in [1.807, 2.05) is 26.8 Å². The van der Waals surface area contributed by atoms with Gasteiger partial charge in [0.1, 0.15) is 31.2 Å². The van der Waals surface area contributed by atoms with Crippen LogP contribution in [0.4, 0.5) is 10.6 Å². The lowest BCUT2D eigenvalue weighted by atomic mass is 9.87. The van der Waals surface area contributed by atoms with Crippen molar-refractivity contribution >= 4 is 22.0 Å². The zero-order valence-corrected chi connectivity index (χ0v) is 35.5. The summed E-state index contributed by atoms with van der Waals surface area (Å²) in [7, 11) is -3.30. The summed E-state index contributed by atoms with van der Waals surface area (Å²) in [4.78, 5) is 40.0. The molecule has 0 bridgehead atoms. The third-order valence-corrected chi connectivity index (χ3v) is 10.7. The molecule has 3 aromatic rings. The normalized spacial score (nSPS) is 15.1. The van der Waals surface area contributed by atoms with Gasteiger partial charge in [-0.25, -0.2) is 42.1 Å². The molecule has 61 heavy (non-hydrogen) atoms. The molecule has 5 N–H and O–H groups in total. The van der Waals surface area contributed by atoms with Crippen molar-refractivity contribution in [2.45, 2.75) is 95.0 Å². The van der Waals surface area contributed by atoms with Crippen LogP contribution in [0.5, 0.6) is 11.6 Å². The number of allylic oxidation sites excluding steroid dienone is 2. The van der Waals surface area contributed by atoms with Gasteiger partial charge in [-0.15, -0.1) is 0 Å². The molecule has 4 rings (SSSR count). The zero-order valence-electron chi connectivity index (χ0n) is 34.6. The minimum atomic E-state index is -4.77. The molecule has 0 saturated heterocycles. The van der Waals surface area contributed by atoms with Crippen molar-refractivity contribution < 1.29 is 72.5 Å². The van der Waals surface area contributed by atoms with Crippen molar-refractivity contribution in [2.24, 2.45) is 0 Å². The number of benzene rings is 1. The average molecular weight is 880 g/mol. The number of ether oxygens (including phenoxy) is 5. The van der Waals surface area contributed by atoms with Gasteiger partial charge in [-0.1, -0.05) is 51.5 Å². The number of methoxy groups -OCH3 is 1. The summed E-state index contributed by atoms with van der Waals surface area (Å²) < 4.78 is 60.1. The number of rotatable bonds is 23. The molecular weight excluding hydrogens is 827 g/mol. The molecule has 2 unspecified atom stereocenters. The lowest BCUT2D eigenvalue weighted by Crippen LogP contribution is -2.51. The molecule has 2 heterocycles. The van der Waals surface area contributed by atoms with Gasteiger partial charge in [0, 0.05) is 19.5 Å². The Morgan fingerprint density at radius 2 is 1.64 bits per heavy atom. The van der Waals surface area contributed by atoms with Crippen molar-refractivity contribution in [3.63, 3.8) is 0 Å². The van der Waals surface area contributed by atoms with Gasteiger partial charge in [0.25, 0.3) is 15.9 Å². The van der Waals surface area contributed by atoms with Crippen molar-refractivity contribution in [1.82, 2.24) is 30.7 Å². The minimum Gasteiger partial charge on any atom is -0.472 e. The number of hydrogen-bond donors (Lipinski definition) is 5. The molecule has 2 atom stereocenters. The number of hydrogen-bond acceptors (Lipinski definition) is 21. The monoisotopic (exact) mass is 879 g/mol. The van der Waals surface area contributed by atoms with Crippen LogP contribution < -0.4 is 13.8 Å². The Morgan fingerprint density at radius 3 is 2.26 bits per heavy atom. The highest BCUT2D eigenvalue weighted by atomic mass is 32.2. The number of carbonyl (C=O) groups excluding carboxylic acids is 1. The van der Waals surface area contributed by atoms with Gasteiger partial charge < -0.3 is 28.8 Å². The summed E-state index contributed by atoms with van der Waals surface area (Å²) in [6.45, 7) is 7.17. The highest BCUT2D eigenvalue weighted by Gasteiger charge is 2.45. The maximum atomic E-state index is 15.1. The number of aliphatic hydroxyl groups excluding tert-OH is 1. The molecule has 23 heteroatoms. The molecule has 0 radical (unpaired) electrons. The number of nitrogens with zero attached hydrogens (tertiary/aromatic N) is 7. The summed E-state index contributed by atoms with van der Waals surface area (Å²) >= 11 is 0. The van der Waals surface area contributed by atoms with Crippen LogP contribution in [0.15, 0.2) is 71.6 Å². The molecule has 0 fully saturated rings. The zero-order chi connectivity index (χ0) is 44.8. The number of unbranched alkanes of at least 4 members (excludes halogenated alkanes) is 2. The fourth-order valence-electron chi connectivity index (χ4n) is 5.84. The largest absolute Gasteiger partial charge is 0.510 e. The van der Waals surface area contributed by atoms with E-state index in [1.54, 1.807) is 30.4 Å². The van der Waals surface area contributed by atoms with Crippen molar-refractivity contribution in [2.75, 3.05) is 37.8 Å². The number of carbonyl (C=O) groups is 1. The highest BCUT2D eigenvalue weighted by Crippen LogP contribution is 2.44. The Kier molecular flexibility index (Phi) is 17.8. The van der Waals surface area contributed by atoms with E-state index in [-0.39, 0.29) is 65.4 Å². The number of anilines is 1. The SMILES string of the molecule is COC1CC=CC=C1Oc1c(OCCO)nc(-c2ncccn2)nc1N(C(C)(C)OC(=O)OCCCCCC(CON(O)O)ON(O)O)S(=O)(=O)c1ccc(C(C)(C)C)cc1. The first-order valence-corrected chi connectivity index (χ1v) is 20.5. The van der Waals surface area contributed by atoms with E-state index in [2.05, 4.69) is 24.8 Å². The lowest BCUT2D eigenvalue weighted by Gasteiger charge is -2.38. The van der Waals surface area contributed by atoms with E-state index in [9.17, 15) is 9.90 Å². The maximum absolute atomic E-state index is 15.1. The summed E-state index contributed by atoms with van der Waals surface area (Å²) in [5.41, 5.74) is -1.62. The fourth-order valence-corrected chi connectivity index (χ4v) is 7.50. The second-order valence-corrected chi connectivity index (χ2v) is 16.6. The Labute approximate surface area is 352 Å². The molecule has 2 aromatic heterocycles. The van der Waals surface area contributed by atoms with Gasteiger partial charge in [-0.2, -0.15) is 4.98 Å². The molecule has 22 nitrogen and oxygen atoms in total. The van der Waals surface area contributed by atoms with E-state index >= 15 is 8.42 Å². The third-order valence-electron chi connectivity index (χ3n) is 8.76. The van der Waals surface area contributed by atoms with Crippen LogP contribution in [0.25, 0.3) is 11.6 Å². The molecule has 0 spiro atoms. The quantitative estimate of drug-likeness (QED) is 0.0367. The van der Waals surface area contributed by atoms with Gasteiger partial charge in [-0.05, 0) is 74.8 Å². The lowest BCUT2D eigenvalue weighted by molar-refractivity contribution is -0.527. The average Bonchev–Trinajstić information content (AvgIpc) is 3.20. The molecular formula is C38H53N7O15S. The summed E-state index contributed by atoms with van der Waals surface area (Å²) in [5, 5.41) is 44.2. The molecule has 336 valence electrons. The predicted octanol–water partition coefficient (Wildman–Crippen LogP) is 4.88. The topological polar surface area (TPSA) is 278 Å². The minimum absolute atomic E-state index is 0.0250. The summed E-state index contributed by atoms with van der Waals surface area (Å²) in [5.74, 6) is -1.08. The van der Waals surface area contributed by atoms with Gasteiger partial charge >= 0.3 is 6.16 Å². The van der Waals surface area contributed by atoms with Gasteiger partial charge in [0.05, 0.1) is 28.9 Å². The first-order valence-electron chi connectivity index (χ1n) is 19.0. The Hall–Kier alpha value is -4.92. The maximum Gasteiger partial charge on any atom is 0.510 e. The van der Waals surface area contributed by atoms with Crippen LogP contribution in [0, 0.1) is 0 Å². The fraction of sp³-hybridized carbons (Fsp3) is 0.500. The van der Waals surface area contributed by atoms with Crippen LogP contribution in [0.1, 0.15) is 72.3 Å². The third kappa shape index (κ3) is 14.1. The van der Waals surface area contributed by atoms with Crippen molar-refractivity contribution in [1.29, 1.82) is 0 Å². The van der Waals surface area contributed by atoms with E-state index in [0.717, 1.165) is 9.87 Å². The van der Waals surface area contributed by atoms with E-state index < -0.39 is 63.9 Å². The second kappa shape index (κ2) is 22.3. The van der Waals surface area contributed by atoms with E-state index in [4.69, 9.17) is 49.4 Å². The molecule has 1 aliphatic carbocycles. The Balaban J connectivity index is 1.77. The van der Waals surface area contributed by atoms with Crippen LogP contribution in [0.3, 0.4) is 0 Å². The van der Waals surface area contributed by atoms with Gasteiger partial charge in [0.15, 0.2) is 17.4 Å². The van der Waals surface area contributed by atoms with Gasteiger partial charge in [0.2, 0.25) is 11.6 Å². The van der Waals surface area contributed by atoms with E-state index in [0.29, 0.717) is 19.3 Å². The molecule has 0 amide bonds. The molecule has 1 aliphatic rings. The van der Waals surface area contributed by atoms with Gasteiger partial charge in [-0.3, -0.25) is 20.8 Å².